The summed E-state index contributed by atoms with van der Waals surface area (Å²) < 4.78 is 5.51. The van der Waals surface area contributed by atoms with Crippen LogP contribution in [0, 0.1) is 0 Å². The first-order valence-corrected chi connectivity index (χ1v) is 9.78. The first kappa shape index (κ1) is 19.0. The van der Waals surface area contributed by atoms with Gasteiger partial charge in [0.25, 0.3) is 0 Å². The predicted molar refractivity (Wildman–Crippen MR) is 116 cm³/mol. The fourth-order valence-electron chi connectivity index (χ4n) is 3.45. The van der Waals surface area contributed by atoms with Crippen molar-refractivity contribution in [2.45, 2.75) is 6.54 Å². The summed E-state index contributed by atoms with van der Waals surface area (Å²) in [6, 6.07) is 12.5. The number of hydrogen-bond acceptors (Lipinski definition) is 5. The number of nitrogens with zero attached hydrogens (tertiary/aromatic N) is 7. The zero-order valence-corrected chi connectivity index (χ0v) is 17.1. The fraction of sp³-hybridized carbons (Fsp3) is 0.0952. The highest BCUT2D eigenvalue weighted by atomic mass is 35.5. The van der Waals surface area contributed by atoms with Crippen LogP contribution in [-0.2, 0) is 13.6 Å². The van der Waals surface area contributed by atoms with E-state index in [1.807, 2.05) is 30.5 Å². The lowest BCUT2D eigenvalue weighted by Gasteiger charge is -2.04. The van der Waals surface area contributed by atoms with Crippen LogP contribution in [0.4, 0.5) is 0 Å². The average Bonchev–Trinajstić information content (AvgIpc) is 3.30. The summed E-state index contributed by atoms with van der Waals surface area (Å²) in [7, 11) is 1.56. The number of fused-ring (bicyclic) bond motifs is 1. The van der Waals surface area contributed by atoms with E-state index in [9.17, 15) is 9.59 Å². The summed E-state index contributed by atoms with van der Waals surface area (Å²) in [5.74, 6) is 0. The van der Waals surface area contributed by atoms with Crippen LogP contribution in [0.2, 0.25) is 5.15 Å². The Balaban J connectivity index is 1.57. The van der Waals surface area contributed by atoms with E-state index in [4.69, 9.17) is 11.6 Å². The third kappa shape index (κ3) is 3.34. The maximum Gasteiger partial charge on any atom is 0.352 e. The lowest BCUT2D eigenvalue weighted by atomic mass is 10.2. The smallest absolute Gasteiger partial charge is 0.262 e. The number of hydrogen-bond donors (Lipinski definition) is 0. The van der Waals surface area contributed by atoms with Gasteiger partial charge in [0.15, 0.2) is 0 Å². The minimum atomic E-state index is -0.443. The van der Waals surface area contributed by atoms with E-state index in [2.05, 4.69) is 15.1 Å². The minimum Gasteiger partial charge on any atom is -0.262 e. The highest BCUT2D eigenvalue weighted by Crippen LogP contribution is 2.18. The van der Waals surface area contributed by atoms with E-state index in [1.165, 1.54) is 9.36 Å². The molecule has 1 aromatic carbocycles. The Hall–Kier alpha value is -3.98. The standard InChI is InChI=1S/C21H16ClN7O2/c1-26-20(30)27(12-14-4-7-19(22)24-10-14)21(31)29(26)16-5-6-18-15(9-16)13-28(25-18)17-3-2-8-23-11-17/h2-11,13H,12H2,1H3. The molecule has 4 aromatic heterocycles. The summed E-state index contributed by atoms with van der Waals surface area (Å²) >= 11 is 5.82. The molecule has 0 amide bonds. The Kier molecular flexibility index (Phi) is 4.52. The van der Waals surface area contributed by atoms with Gasteiger partial charge in [0.05, 0.1) is 29.6 Å². The van der Waals surface area contributed by atoms with Gasteiger partial charge in [-0.15, -0.1) is 0 Å². The van der Waals surface area contributed by atoms with Gasteiger partial charge >= 0.3 is 11.4 Å². The molecule has 0 fully saturated rings. The number of rotatable bonds is 4. The molecule has 0 aliphatic rings. The molecule has 0 unspecified atom stereocenters. The molecule has 4 heterocycles. The number of halogens is 1. The molecule has 5 rings (SSSR count). The Labute approximate surface area is 180 Å². The normalized spacial score (nSPS) is 11.3. The van der Waals surface area contributed by atoms with Crippen molar-refractivity contribution in [3.05, 3.63) is 98.9 Å². The van der Waals surface area contributed by atoms with Crippen LogP contribution in [-0.4, -0.2) is 33.7 Å². The quantitative estimate of drug-likeness (QED) is 0.405. The number of aromatic nitrogens is 7. The van der Waals surface area contributed by atoms with Gasteiger partial charge in [-0.2, -0.15) is 9.78 Å². The zero-order valence-electron chi connectivity index (χ0n) is 16.4. The van der Waals surface area contributed by atoms with Gasteiger partial charge in [0, 0.05) is 31.0 Å². The lowest BCUT2D eigenvalue weighted by Crippen LogP contribution is -2.29. The molecular weight excluding hydrogens is 418 g/mol. The Morgan fingerprint density at radius 1 is 1.00 bits per heavy atom. The van der Waals surface area contributed by atoms with E-state index in [-0.39, 0.29) is 6.54 Å². The topological polar surface area (TPSA) is 92.5 Å². The van der Waals surface area contributed by atoms with Gasteiger partial charge in [-0.3, -0.25) is 4.98 Å². The van der Waals surface area contributed by atoms with Gasteiger partial charge in [-0.05, 0) is 42.0 Å². The van der Waals surface area contributed by atoms with E-state index < -0.39 is 11.4 Å². The Bertz CT molecular complexity index is 1510. The van der Waals surface area contributed by atoms with Crippen LogP contribution in [0.1, 0.15) is 5.56 Å². The highest BCUT2D eigenvalue weighted by molar-refractivity contribution is 6.29. The maximum absolute atomic E-state index is 13.1. The second-order valence-corrected chi connectivity index (χ2v) is 7.39. The van der Waals surface area contributed by atoms with Crippen molar-refractivity contribution in [1.82, 2.24) is 33.7 Å². The van der Waals surface area contributed by atoms with Crippen molar-refractivity contribution in [3.8, 4) is 11.4 Å². The van der Waals surface area contributed by atoms with Crippen molar-refractivity contribution in [3.63, 3.8) is 0 Å². The summed E-state index contributed by atoms with van der Waals surface area (Å²) in [6.07, 6.45) is 6.81. The van der Waals surface area contributed by atoms with Crippen LogP contribution >= 0.6 is 11.6 Å². The zero-order chi connectivity index (χ0) is 21.5. The van der Waals surface area contributed by atoms with E-state index in [0.29, 0.717) is 16.4 Å². The minimum absolute atomic E-state index is 0.101. The summed E-state index contributed by atoms with van der Waals surface area (Å²) in [5, 5.41) is 5.72. The first-order chi connectivity index (χ1) is 15.0. The average molecular weight is 434 g/mol. The summed E-state index contributed by atoms with van der Waals surface area (Å²) in [4.78, 5) is 33.9. The molecule has 154 valence electrons. The molecule has 31 heavy (non-hydrogen) atoms. The fourth-order valence-corrected chi connectivity index (χ4v) is 3.56. The molecule has 0 bridgehead atoms. The van der Waals surface area contributed by atoms with Gasteiger partial charge in [0.1, 0.15) is 5.15 Å². The molecule has 0 saturated carbocycles. The van der Waals surface area contributed by atoms with Crippen LogP contribution in [0.15, 0.2) is 76.8 Å². The lowest BCUT2D eigenvalue weighted by molar-refractivity contribution is 0.627. The van der Waals surface area contributed by atoms with Crippen molar-refractivity contribution in [1.29, 1.82) is 0 Å². The molecule has 0 spiro atoms. The largest absolute Gasteiger partial charge is 0.352 e. The highest BCUT2D eigenvalue weighted by Gasteiger charge is 2.16. The molecule has 0 radical (unpaired) electrons. The Morgan fingerprint density at radius 3 is 2.61 bits per heavy atom. The maximum atomic E-state index is 13.1. The van der Waals surface area contributed by atoms with Crippen molar-refractivity contribution < 1.29 is 0 Å². The molecule has 0 N–H and O–H groups in total. The van der Waals surface area contributed by atoms with Crippen LogP contribution in [0.25, 0.3) is 22.3 Å². The molecular formula is C21H16ClN7O2. The third-order valence-electron chi connectivity index (χ3n) is 4.99. The monoisotopic (exact) mass is 433 g/mol. The molecule has 0 aliphatic heterocycles. The van der Waals surface area contributed by atoms with Crippen molar-refractivity contribution >= 4 is 22.5 Å². The van der Waals surface area contributed by atoms with Gasteiger partial charge in [0.2, 0.25) is 0 Å². The first-order valence-electron chi connectivity index (χ1n) is 9.41. The van der Waals surface area contributed by atoms with Gasteiger partial charge < -0.3 is 0 Å². The van der Waals surface area contributed by atoms with E-state index in [1.54, 1.807) is 48.5 Å². The molecule has 10 heteroatoms. The summed E-state index contributed by atoms with van der Waals surface area (Å²) in [5.41, 5.74) is 1.99. The molecule has 0 aliphatic carbocycles. The SMILES string of the molecule is Cn1c(=O)n(Cc2ccc(Cl)nc2)c(=O)n1-c1ccc2nn(-c3cccnc3)cc2c1. The second-order valence-electron chi connectivity index (χ2n) is 7.00. The predicted octanol–water partition coefficient (Wildman–Crippen LogP) is 2.17. The Morgan fingerprint density at radius 2 is 1.87 bits per heavy atom. The van der Waals surface area contributed by atoms with Gasteiger partial charge in [-0.1, -0.05) is 17.7 Å². The van der Waals surface area contributed by atoms with Crippen LogP contribution in [0.5, 0.6) is 0 Å². The number of benzene rings is 1. The van der Waals surface area contributed by atoms with Crippen molar-refractivity contribution in [2.24, 2.45) is 7.05 Å². The molecule has 0 atom stereocenters. The van der Waals surface area contributed by atoms with E-state index >= 15 is 0 Å². The van der Waals surface area contributed by atoms with Crippen LogP contribution < -0.4 is 11.4 Å². The van der Waals surface area contributed by atoms with Gasteiger partial charge in [-0.25, -0.2) is 28.5 Å². The second kappa shape index (κ2) is 7.37. The molecule has 9 nitrogen and oxygen atoms in total. The van der Waals surface area contributed by atoms with Crippen LogP contribution in [0.3, 0.4) is 0 Å². The van der Waals surface area contributed by atoms with E-state index in [0.717, 1.165) is 21.2 Å². The van der Waals surface area contributed by atoms with Crippen molar-refractivity contribution in [2.75, 3.05) is 0 Å². The summed E-state index contributed by atoms with van der Waals surface area (Å²) in [6.45, 7) is 0.101. The number of pyridine rings is 2. The molecule has 0 saturated heterocycles. The third-order valence-corrected chi connectivity index (χ3v) is 5.22. The molecule has 5 aromatic rings.